The fourth-order valence-corrected chi connectivity index (χ4v) is 2.06. The molecule has 0 atom stereocenters. The van der Waals surface area contributed by atoms with Gasteiger partial charge in [0, 0.05) is 27.5 Å². The molecule has 0 aromatic heterocycles. The number of hydrogen-bond acceptors (Lipinski definition) is 3. The van der Waals surface area contributed by atoms with Crippen LogP contribution in [0.25, 0.3) is 0 Å². The zero-order valence-electron chi connectivity index (χ0n) is 7.35. The van der Waals surface area contributed by atoms with Crippen molar-refractivity contribution in [1.29, 1.82) is 0 Å². The molecular weight excluding hydrogens is 310 g/mol. The van der Waals surface area contributed by atoms with E-state index >= 15 is 0 Å². The number of rotatable bonds is 3. The van der Waals surface area contributed by atoms with Crippen LogP contribution in [-0.2, 0) is 0 Å². The number of halogens is 1. The lowest BCUT2D eigenvalue weighted by atomic mass is 9.85. The third kappa shape index (κ3) is 2.39. The molecule has 0 fully saturated rings. The molecule has 0 bridgehead atoms. The zero-order chi connectivity index (χ0) is 9.80. The van der Waals surface area contributed by atoms with Crippen LogP contribution in [-0.4, -0.2) is 7.12 Å². The Kier molecular flexibility index (Phi) is 3.64. The van der Waals surface area contributed by atoms with Crippen molar-refractivity contribution in [2.75, 3.05) is 0 Å². The summed E-state index contributed by atoms with van der Waals surface area (Å²) < 4.78 is 11.1. The Labute approximate surface area is 99.8 Å². The van der Waals surface area contributed by atoms with E-state index in [2.05, 4.69) is 21.2 Å². The van der Waals surface area contributed by atoms with E-state index in [1.165, 1.54) is 0 Å². The van der Waals surface area contributed by atoms with Crippen LogP contribution >= 0.6 is 30.1 Å². The fourth-order valence-electron chi connectivity index (χ4n) is 1.25. The molecule has 72 valence electrons. The second-order valence-corrected chi connectivity index (χ2v) is 4.78. The second-order valence-electron chi connectivity index (χ2n) is 2.81. The number of fused-ring (bicyclic) bond motifs is 1. The predicted octanol–water partition coefficient (Wildman–Crippen LogP) is 3.54. The summed E-state index contributed by atoms with van der Waals surface area (Å²) in [6.45, 7) is 0. The fraction of sp³-hybridized carbons (Fsp3) is 0.111. The molecule has 1 aliphatic rings. The molecular formula is C9H8BIO2S. The topological polar surface area (TPSA) is 18.5 Å². The average molecular weight is 318 g/mol. The lowest BCUT2D eigenvalue weighted by Crippen LogP contribution is -2.22. The number of hydrogen-bond donors (Lipinski definition) is 0. The van der Waals surface area contributed by atoms with Crippen molar-refractivity contribution in [3.05, 3.63) is 35.7 Å². The van der Waals surface area contributed by atoms with Gasteiger partial charge in [0.2, 0.25) is 0 Å². The molecule has 5 heteroatoms. The SMILES string of the molecule is IS/C=C/CB1Oc2ccccc2O1. The van der Waals surface area contributed by atoms with Gasteiger partial charge in [-0.05, 0) is 17.5 Å². The van der Waals surface area contributed by atoms with Crippen molar-refractivity contribution in [1.82, 2.24) is 0 Å². The van der Waals surface area contributed by atoms with Crippen molar-refractivity contribution in [3.8, 4) is 11.5 Å². The molecule has 0 aliphatic carbocycles. The van der Waals surface area contributed by atoms with Crippen LogP contribution in [0.15, 0.2) is 35.7 Å². The van der Waals surface area contributed by atoms with E-state index in [1.807, 2.05) is 35.7 Å². The van der Waals surface area contributed by atoms with Crippen molar-refractivity contribution >= 4 is 37.3 Å². The average Bonchev–Trinajstić information content (AvgIpc) is 2.60. The van der Waals surface area contributed by atoms with Crippen LogP contribution in [0.1, 0.15) is 0 Å². The second kappa shape index (κ2) is 4.98. The van der Waals surface area contributed by atoms with E-state index in [9.17, 15) is 0 Å². The highest BCUT2D eigenvalue weighted by Gasteiger charge is 2.29. The predicted molar refractivity (Wildman–Crippen MR) is 69.0 cm³/mol. The summed E-state index contributed by atoms with van der Waals surface area (Å²) in [6.07, 6.45) is 2.83. The Morgan fingerprint density at radius 1 is 1.29 bits per heavy atom. The van der Waals surface area contributed by atoms with E-state index < -0.39 is 0 Å². The Bertz CT molecular complexity index is 320. The molecule has 0 amide bonds. The van der Waals surface area contributed by atoms with Gasteiger partial charge in [-0.1, -0.05) is 27.1 Å². The van der Waals surface area contributed by atoms with Crippen molar-refractivity contribution < 1.29 is 9.31 Å². The summed E-state index contributed by atoms with van der Waals surface area (Å²) in [5.74, 6) is 1.68. The van der Waals surface area contributed by atoms with Gasteiger partial charge in [-0.2, -0.15) is 0 Å². The summed E-state index contributed by atoms with van der Waals surface area (Å²) >= 11 is 2.22. The molecule has 1 aromatic rings. The third-order valence-electron chi connectivity index (χ3n) is 1.84. The van der Waals surface area contributed by atoms with Crippen LogP contribution in [0, 0.1) is 0 Å². The van der Waals surface area contributed by atoms with Gasteiger partial charge in [-0.3, -0.25) is 0 Å². The number of para-hydroxylation sites is 2. The van der Waals surface area contributed by atoms with Gasteiger partial charge in [-0.25, -0.2) is 0 Å². The van der Waals surface area contributed by atoms with Crippen LogP contribution in [0.4, 0.5) is 0 Å². The molecule has 1 heterocycles. The van der Waals surface area contributed by atoms with Gasteiger partial charge in [0.1, 0.15) is 11.5 Å². The van der Waals surface area contributed by atoms with Crippen LogP contribution in [0.5, 0.6) is 11.5 Å². The highest BCUT2D eigenvalue weighted by molar-refractivity contribution is 14.2. The first-order valence-electron chi connectivity index (χ1n) is 4.25. The maximum absolute atomic E-state index is 5.57. The van der Waals surface area contributed by atoms with Gasteiger partial charge >= 0.3 is 7.12 Å². The molecule has 0 spiro atoms. The molecule has 1 aromatic carbocycles. The largest absolute Gasteiger partial charge is 0.598 e. The molecule has 0 radical (unpaired) electrons. The van der Waals surface area contributed by atoms with E-state index in [0.717, 1.165) is 17.8 Å². The number of benzene rings is 1. The normalized spacial score (nSPS) is 13.9. The van der Waals surface area contributed by atoms with Gasteiger partial charge in [0.25, 0.3) is 0 Å². The molecule has 0 saturated heterocycles. The van der Waals surface area contributed by atoms with Crippen molar-refractivity contribution in [2.45, 2.75) is 6.32 Å². The Hall–Kier alpha value is -0.295. The smallest absolute Gasteiger partial charge is 0.523 e. The molecule has 2 rings (SSSR count). The molecule has 0 saturated carbocycles. The number of allylic oxidation sites excluding steroid dienone is 1. The van der Waals surface area contributed by atoms with Crippen LogP contribution < -0.4 is 9.31 Å². The standard InChI is InChI=1S/C9H8BIO2S/c11-14-7-3-6-10-12-8-4-1-2-5-9(8)13-10/h1-5,7H,6H2/b7-3+. The summed E-state index contributed by atoms with van der Waals surface area (Å²) in [7, 11) is 1.49. The quantitative estimate of drug-likeness (QED) is 0.627. The monoisotopic (exact) mass is 318 g/mol. The minimum atomic E-state index is -0.160. The highest BCUT2D eigenvalue weighted by Crippen LogP contribution is 2.33. The Morgan fingerprint density at radius 3 is 2.50 bits per heavy atom. The van der Waals surface area contributed by atoms with Crippen molar-refractivity contribution in [3.63, 3.8) is 0 Å². The zero-order valence-corrected chi connectivity index (χ0v) is 10.3. The first-order chi connectivity index (χ1) is 6.90. The lowest BCUT2D eigenvalue weighted by Gasteiger charge is -1.99. The van der Waals surface area contributed by atoms with E-state index in [1.54, 1.807) is 8.93 Å². The van der Waals surface area contributed by atoms with E-state index in [4.69, 9.17) is 9.31 Å². The van der Waals surface area contributed by atoms with Gasteiger partial charge in [0.05, 0.1) is 0 Å². The maximum atomic E-state index is 5.57. The van der Waals surface area contributed by atoms with E-state index in [0.29, 0.717) is 0 Å². The van der Waals surface area contributed by atoms with Gasteiger partial charge in [-0.15, -0.1) is 0 Å². The van der Waals surface area contributed by atoms with Crippen molar-refractivity contribution in [2.24, 2.45) is 0 Å². The third-order valence-corrected chi connectivity index (χ3v) is 3.02. The molecule has 0 unspecified atom stereocenters. The summed E-state index contributed by atoms with van der Waals surface area (Å²) in [5.41, 5.74) is 0. The summed E-state index contributed by atoms with van der Waals surface area (Å²) in [6, 6.07) is 7.74. The molecule has 1 aliphatic heterocycles. The minimum absolute atomic E-state index is 0.160. The van der Waals surface area contributed by atoms with E-state index in [-0.39, 0.29) is 7.12 Å². The van der Waals surface area contributed by atoms with Gasteiger partial charge in [0.15, 0.2) is 0 Å². The molecule has 2 nitrogen and oxygen atoms in total. The first kappa shape index (κ1) is 10.2. The Balaban J connectivity index is 1.95. The van der Waals surface area contributed by atoms with Gasteiger partial charge < -0.3 is 9.31 Å². The highest BCUT2D eigenvalue weighted by atomic mass is 127. The Morgan fingerprint density at radius 2 is 1.93 bits per heavy atom. The summed E-state index contributed by atoms with van der Waals surface area (Å²) in [5, 5.41) is 2.02. The lowest BCUT2D eigenvalue weighted by molar-refractivity contribution is 0.503. The van der Waals surface area contributed by atoms with Crippen LogP contribution in [0.2, 0.25) is 6.32 Å². The molecule has 0 N–H and O–H groups in total. The maximum Gasteiger partial charge on any atom is 0.598 e. The minimum Gasteiger partial charge on any atom is -0.523 e. The molecule has 14 heavy (non-hydrogen) atoms. The van der Waals surface area contributed by atoms with Crippen LogP contribution in [0.3, 0.4) is 0 Å². The first-order valence-corrected chi connectivity index (χ1v) is 7.67. The summed E-state index contributed by atoms with van der Waals surface area (Å²) in [4.78, 5) is 0.